The lowest BCUT2D eigenvalue weighted by Gasteiger charge is -2.10. The maximum absolute atomic E-state index is 11.7. The molecular weight excluding hydrogens is 216 g/mol. The fourth-order valence-electron chi connectivity index (χ4n) is 1.61. The molecule has 0 aromatic heterocycles. The standard InChI is InChI=1S/C10H9BrO/c1-10(11)6-7-4-2-3-5-8(7)9(10)12/h2-5H,6H2,1H3/t10-/m0/s1. The van der Waals surface area contributed by atoms with Crippen LogP contribution in [-0.2, 0) is 6.42 Å². The van der Waals surface area contributed by atoms with Crippen LogP contribution < -0.4 is 0 Å². The molecule has 0 aliphatic heterocycles. The van der Waals surface area contributed by atoms with Crippen LogP contribution in [0.15, 0.2) is 24.3 Å². The van der Waals surface area contributed by atoms with Gasteiger partial charge in [0.2, 0.25) is 0 Å². The van der Waals surface area contributed by atoms with Gasteiger partial charge in [0.25, 0.3) is 0 Å². The Kier molecular flexibility index (Phi) is 1.62. The molecule has 62 valence electrons. The summed E-state index contributed by atoms with van der Waals surface area (Å²) in [5, 5.41) is 0. The van der Waals surface area contributed by atoms with E-state index in [1.165, 1.54) is 0 Å². The minimum Gasteiger partial charge on any atom is -0.293 e. The summed E-state index contributed by atoms with van der Waals surface area (Å²) in [6, 6.07) is 7.79. The SMILES string of the molecule is C[C@]1(Br)Cc2ccccc2C1=O. The van der Waals surface area contributed by atoms with Crippen molar-refractivity contribution in [1.29, 1.82) is 0 Å². The first kappa shape index (κ1) is 7.99. The second kappa shape index (κ2) is 2.43. The summed E-state index contributed by atoms with van der Waals surface area (Å²) in [5.74, 6) is 0.207. The zero-order valence-corrected chi connectivity index (χ0v) is 8.39. The van der Waals surface area contributed by atoms with Gasteiger partial charge in [-0.1, -0.05) is 40.2 Å². The molecule has 1 aromatic rings. The minimum atomic E-state index is -0.364. The lowest BCUT2D eigenvalue weighted by Crippen LogP contribution is -2.23. The van der Waals surface area contributed by atoms with Gasteiger partial charge < -0.3 is 0 Å². The van der Waals surface area contributed by atoms with Gasteiger partial charge in [-0.05, 0) is 18.9 Å². The van der Waals surface area contributed by atoms with Crippen molar-refractivity contribution < 1.29 is 4.79 Å². The Hall–Kier alpha value is -0.630. The van der Waals surface area contributed by atoms with E-state index in [4.69, 9.17) is 0 Å². The highest BCUT2D eigenvalue weighted by molar-refractivity contribution is 9.10. The molecule has 1 aromatic carbocycles. The van der Waals surface area contributed by atoms with Gasteiger partial charge in [-0.3, -0.25) is 4.79 Å². The molecule has 0 amide bonds. The summed E-state index contributed by atoms with van der Waals surface area (Å²) in [7, 11) is 0. The Morgan fingerprint density at radius 3 is 2.75 bits per heavy atom. The van der Waals surface area contributed by atoms with Crippen molar-refractivity contribution in [1.82, 2.24) is 0 Å². The lowest BCUT2D eigenvalue weighted by atomic mass is 10.1. The first-order valence-corrected chi connectivity index (χ1v) is 4.72. The Balaban J connectivity index is 2.57. The number of benzene rings is 1. The van der Waals surface area contributed by atoms with Crippen LogP contribution in [0.1, 0.15) is 22.8 Å². The van der Waals surface area contributed by atoms with E-state index in [9.17, 15) is 4.79 Å². The van der Waals surface area contributed by atoms with Crippen LogP contribution in [0.2, 0.25) is 0 Å². The predicted octanol–water partition coefficient (Wildman–Crippen LogP) is 2.58. The van der Waals surface area contributed by atoms with E-state index < -0.39 is 0 Å². The van der Waals surface area contributed by atoms with Crippen LogP contribution in [0.5, 0.6) is 0 Å². The Bertz CT molecular complexity index is 341. The molecule has 2 rings (SSSR count). The van der Waals surface area contributed by atoms with Crippen LogP contribution in [-0.4, -0.2) is 10.1 Å². The average molecular weight is 225 g/mol. The summed E-state index contributed by atoms with van der Waals surface area (Å²) < 4.78 is -0.364. The van der Waals surface area contributed by atoms with Crippen LogP contribution in [0.4, 0.5) is 0 Å². The molecule has 0 radical (unpaired) electrons. The fraction of sp³-hybridized carbons (Fsp3) is 0.300. The van der Waals surface area contributed by atoms with Gasteiger partial charge in [0.1, 0.15) is 0 Å². The van der Waals surface area contributed by atoms with Crippen molar-refractivity contribution in [3.8, 4) is 0 Å². The topological polar surface area (TPSA) is 17.1 Å². The molecule has 1 aliphatic rings. The van der Waals surface area contributed by atoms with Gasteiger partial charge in [-0.15, -0.1) is 0 Å². The van der Waals surface area contributed by atoms with Crippen molar-refractivity contribution in [2.45, 2.75) is 17.7 Å². The maximum atomic E-state index is 11.7. The highest BCUT2D eigenvalue weighted by atomic mass is 79.9. The van der Waals surface area contributed by atoms with E-state index in [2.05, 4.69) is 15.9 Å². The van der Waals surface area contributed by atoms with Gasteiger partial charge in [-0.25, -0.2) is 0 Å². The number of Topliss-reactive ketones (excluding diaryl/α,β-unsaturated/α-hetero) is 1. The second-order valence-corrected chi connectivity index (χ2v) is 5.11. The maximum Gasteiger partial charge on any atom is 0.179 e. The van der Waals surface area contributed by atoms with Gasteiger partial charge in [0, 0.05) is 5.56 Å². The molecule has 1 nitrogen and oxygen atoms in total. The molecule has 0 saturated heterocycles. The summed E-state index contributed by atoms with van der Waals surface area (Å²) in [4.78, 5) is 11.7. The molecule has 0 saturated carbocycles. The van der Waals surface area contributed by atoms with E-state index in [0.717, 1.165) is 17.5 Å². The first-order chi connectivity index (χ1) is 5.61. The number of halogens is 1. The number of hydrogen-bond acceptors (Lipinski definition) is 1. The van der Waals surface area contributed by atoms with Crippen LogP contribution in [0.25, 0.3) is 0 Å². The highest BCUT2D eigenvalue weighted by Gasteiger charge is 2.38. The normalized spacial score (nSPS) is 27.3. The predicted molar refractivity (Wildman–Crippen MR) is 51.8 cm³/mol. The summed E-state index contributed by atoms with van der Waals surface area (Å²) >= 11 is 3.44. The molecule has 0 unspecified atom stereocenters. The third-order valence-electron chi connectivity index (χ3n) is 2.26. The van der Waals surface area contributed by atoms with Gasteiger partial charge in [0.15, 0.2) is 5.78 Å². The lowest BCUT2D eigenvalue weighted by molar-refractivity contribution is 0.0968. The third kappa shape index (κ3) is 1.02. The van der Waals surface area contributed by atoms with Crippen molar-refractivity contribution in [2.24, 2.45) is 0 Å². The van der Waals surface area contributed by atoms with Crippen molar-refractivity contribution in [3.63, 3.8) is 0 Å². The number of fused-ring (bicyclic) bond motifs is 1. The van der Waals surface area contributed by atoms with E-state index in [1.807, 2.05) is 31.2 Å². The Morgan fingerprint density at radius 2 is 2.08 bits per heavy atom. The molecule has 0 N–H and O–H groups in total. The van der Waals surface area contributed by atoms with Gasteiger partial charge in [0.05, 0.1) is 4.32 Å². The second-order valence-electron chi connectivity index (χ2n) is 3.36. The molecule has 1 aliphatic carbocycles. The molecule has 0 spiro atoms. The highest BCUT2D eigenvalue weighted by Crippen LogP contribution is 2.35. The third-order valence-corrected chi connectivity index (χ3v) is 2.90. The van der Waals surface area contributed by atoms with Crippen molar-refractivity contribution >= 4 is 21.7 Å². The van der Waals surface area contributed by atoms with Crippen molar-refractivity contribution in [2.75, 3.05) is 0 Å². The quantitative estimate of drug-likeness (QED) is 0.620. The fourth-order valence-corrected chi connectivity index (χ4v) is 2.13. The number of hydrogen-bond donors (Lipinski definition) is 0. The van der Waals surface area contributed by atoms with E-state index in [0.29, 0.717) is 0 Å². The minimum absolute atomic E-state index is 0.207. The molecule has 2 heteroatoms. The largest absolute Gasteiger partial charge is 0.293 e. The van der Waals surface area contributed by atoms with E-state index in [-0.39, 0.29) is 10.1 Å². The van der Waals surface area contributed by atoms with Crippen LogP contribution in [0.3, 0.4) is 0 Å². The van der Waals surface area contributed by atoms with Gasteiger partial charge >= 0.3 is 0 Å². The zero-order chi connectivity index (χ0) is 8.77. The molecule has 0 heterocycles. The van der Waals surface area contributed by atoms with Gasteiger partial charge in [-0.2, -0.15) is 0 Å². The van der Waals surface area contributed by atoms with E-state index >= 15 is 0 Å². The average Bonchev–Trinajstić information content (AvgIpc) is 2.24. The molecular formula is C10H9BrO. The molecule has 1 atom stereocenters. The summed E-state index contributed by atoms with van der Waals surface area (Å²) in [6.45, 7) is 1.93. The smallest absolute Gasteiger partial charge is 0.179 e. The van der Waals surface area contributed by atoms with Crippen molar-refractivity contribution in [3.05, 3.63) is 35.4 Å². The van der Waals surface area contributed by atoms with Crippen LogP contribution >= 0.6 is 15.9 Å². The zero-order valence-electron chi connectivity index (χ0n) is 6.80. The Labute approximate surface area is 79.9 Å². The van der Waals surface area contributed by atoms with Crippen LogP contribution in [0, 0.1) is 0 Å². The Morgan fingerprint density at radius 1 is 1.42 bits per heavy atom. The van der Waals surface area contributed by atoms with E-state index in [1.54, 1.807) is 0 Å². The first-order valence-electron chi connectivity index (χ1n) is 3.93. The molecule has 12 heavy (non-hydrogen) atoms. The number of alkyl halides is 1. The monoisotopic (exact) mass is 224 g/mol. The number of carbonyl (C=O) groups excluding carboxylic acids is 1. The summed E-state index contributed by atoms with van der Waals surface area (Å²) in [6.07, 6.45) is 0.808. The molecule has 0 fully saturated rings. The summed E-state index contributed by atoms with van der Waals surface area (Å²) in [5.41, 5.74) is 2.03. The number of ketones is 1. The number of rotatable bonds is 0. The molecule has 0 bridgehead atoms. The number of carbonyl (C=O) groups is 1.